The summed E-state index contributed by atoms with van der Waals surface area (Å²) in [7, 11) is 1.39. The van der Waals surface area contributed by atoms with Crippen molar-refractivity contribution >= 4 is 34.2 Å². The quantitative estimate of drug-likeness (QED) is 0.401. The molecule has 1 atom stereocenters. The Hall–Kier alpha value is -3.05. The first-order chi connectivity index (χ1) is 16.5. The van der Waals surface area contributed by atoms with Crippen molar-refractivity contribution in [2.24, 2.45) is 0 Å². The Balaban J connectivity index is 1.52. The molecule has 1 amide bonds. The summed E-state index contributed by atoms with van der Waals surface area (Å²) in [6.07, 6.45) is 5.89. The Morgan fingerprint density at radius 3 is 2.50 bits per heavy atom. The Labute approximate surface area is 205 Å². The molecule has 178 valence electrons. The highest BCUT2D eigenvalue weighted by molar-refractivity contribution is 6.30. The molecule has 1 fully saturated rings. The number of ether oxygens (including phenoxy) is 2. The Kier molecular flexibility index (Phi) is 8.07. The van der Waals surface area contributed by atoms with Gasteiger partial charge in [-0.2, -0.15) is 0 Å². The predicted molar refractivity (Wildman–Crippen MR) is 134 cm³/mol. The average molecular weight is 480 g/mol. The zero-order chi connectivity index (χ0) is 23.9. The van der Waals surface area contributed by atoms with Crippen LogP contribution in [0.2, 0.25) is 5.02 Å². The van der Waals surface area contributed by atoms with Gasteiger partial charge in [0.15, 0.2) is 6.61 Å². The lowest BCUT2D eigenvalue weighted by atomic mass is 9.87. The number of amides is 1. The van der Waals surface area contributed by atoms with Gasteiger partial charge < -0.3 is 14.8 Å². The van der Waals surface area contributed by atoms with E-state index in [1.807, 2.05) is 54.6 Å². The maximum atomic E-state index is 12.3. The second kappa shape index (κ2) is 11.4. The van der Waals surface area contributed by atoms with Crippen molar-refractivity contribution < 1.29 is 19.1 Å². The summed E-state index contributed by atoms with van der Waals surface area (Å²) in [5.74, 6) is 0.0723. The number of benzene rings is 3. The fourth-order valence-corrected chi connectivity index (χ4v) is 4.82. The van der Waals surface area contributed by atoms with Crippen LogP contribution in [0.5, 0.6) is 5.75 Å². The lowest BCUT2D eigenvalue weighted by Gasteiger charge is -2.22. The van der Waals surface area contributed by atoms with Gasteiger partial charge in [0.25, 0.3) is 5.91 Å². The smallest absolute Gasteiger partial charge is 0.306 e. The summed E-state index contributed by atoms with van der Waals surface area (Å²) in [4.78, 5) is 24.5. The van der Waals surface area contributed by atoms with Crippen LogP contribution in [-0.4, -0.2) is 31.6 Å². The third-order valence-electron chi connectivity index (χ3n) is 6.43. The molecule has 3 aromatic rings. The third-order valence-corrected chi connectivity index (χ3v) is 6.66. The first-order valence-electron chi connectivity index (χ1n) is 11.8. The largest absolute Gasteiger partial charge is 0.484 e. The number of nitrogens with one attached hydrogen (secondary N) is 1. The molecular formula is C28H30ClNO4. The number of hydrogen-bond donors (Lipinski definition) is 1. The van der Waals surface area contributed by atoms with E-state index in [9.17, 15) is 9.59 Å². The highest BCUT2D eigenvalue weighted by Gasteiger charge is 2.20. The number of carbonyl (C=O) groups excluding carboxylic acids is 2. The summed E-state index contributed by atoms with van der Waals surface area (Å²) < 4.78 is 10.7. The van der Waals surface area contributed by atoms with Gasteiger partial charge in [0.2, 0.25) is 0 Å². The third kappa shape index (κ3) is 6.29. The molecule has 3 aromatic carbocycles. The van der Waals surface area contributed by atoms with Crippen LogP contribution in [-0.2, 0) is 14.3 Å². The minimum absolute atomic E-state index is 0.00478. The topological polar surface area (TPSA) is 64.6 Å². The fraction of sp³-hybridized carbons (Fsp3) is 0.357. The zero-order valence-electron chi connectivity index (χ0n) is 19.4. The highest BCUT2D eigenvalue weighted by atomic mass is 35.5. The van der Waals surface area contributed by atoms with Gasteiger partial charge in [-0.1, -0.05) is 67.3 Å². The van der Waals surface area contributed by atoms with Gasteiger partial charge in [-0.15, -0.1) is 0 Å². The Bertz CT molecular complexity index is 1160. The van der Waals surface area contributed by atoms with Gasteiger partial charge in [0.1, 0.15) is 5.75 Å². The van der Waals surface area contributed by atoms with Gasteiger partial charge in [-0.25, -0.2) is 0 Å². The molecule has 1 unspecified atom stereocenters. The zero-order valence-corrected chi connectivity index (χ0v) is 20.1. The summed E-state index contributed by atoms with van der Waals surface area (Å²) in [5.41, 5.74) is 1.93. The van der Waals surface area contributed by atoms with E-state index in [0.29, 0.717) is 10.8 Å². The van der Waals surface area contributed by atoms with Crippen molar-refractivity contribution in [3.63, 3.8) is 0 Å². The molecule has 1 aliphatic carbocycles. The van der Waals surface area contributed by atoms with Gasteiger partial charge in [0.05, 0.1) is 13.5 Å². The number of methoxy groups -OCH3 is 1. The molecule has 34 heavy (non-hydrogen) atoms. The van der Waals surface area contributed by atoms with Crippen LogP contribution in [0.3, 0.4) is 0 Å². The van der Waals surface area contributed by atoms with E-state index >= 15 is 0 Å². The van der Waals surface area contributed by atoms with Crippen molar-refractivity contribution in [1.82, 2.24) is 5.32 Å². The van der Waals surface area contributed by atoms with Crippen molar-refractivity contribution in [2.75, 3.05) is 13.7 Å². The van der Waals surface area contributed by atoms with E-state index in [-0.39, 0.29) is 36.9 Å². The van der Waals surface area contributed by atoms with E-state index in [1.165, 1.54) is 26.4 Å². The number of carbonyl (C=O) groups is 2. The first-order valence-corrected chi connectivity index (χ1v) is 12.2. The second-order valence-corrected chi connectivity index (χ2v) is 9.28. The van der Waals surface area contributed by atoms with Crippen LogP contribution >= 0.6 is 11.6 Å². The second-order valence-electron chi connectivity index (χ2n) is 8.85. The SMILES string of the molecule is COC(=O)CC(c1cccc(Cl)c1)c1ccc2ccc(OCC(=O)NC3CCCCC3)cc2c1. The lowest BCUT2D eigenvalue weighted by Crippen LogP contribution is -2.38. The van der Waals surface area contributed by atoms with E-state index in [1.54, 1.807) is 0 Å². The Morgan fingerprint density at radius 2 is 1.74 bits per heavy atom. The van der Waals surface area contributed by atoms with E-state index in [0.717, 1.165) is 34.7 Å². The molecule has 1 aliphatic rings. The summed E-state index contributed by atoms with van der Waals surface area (Å²) >= 11 is 6.22. The molecule has 0 bridgehead atoms. The van der Waals surface area contributed by atoms with Crippen LogP contribution in [0, 0.1) is 0 Å². The molecule has 0 aromatic heterocycles. The summed E-state index contributed by atoms with van der Waals surface area (Å²) in [5, 5.41) is 5.72. The molecule has 1 saturated carbocycles. The number of rotatable bonds is 8. The minimum atomic E-state index is -0.286. The molecule has 5 nitrogen and oxygen atoms in total. The number of halogens is 1. The van der Waals surface area contributed by atoms with E-state index < -0.39 is 0 Å². The molecule has 0 aliphatic heterocycles. The highest BCUT2D eigenvalue weighted by Crippen LogP contribution is 2.33. The number of esters is 1. The van der Waals surface area contributed by atoms with Gasteiger partial charge >= 0.3 is 5.97 Å². The maximum absolute atomic E-state index is 12.3. The normalized spacial score (nSPS) is 15.0. The van der Waals surface area contributed by atoms with E-state index in [2.05, 4.69) is 11.4 Å². The fourth-order valence-electron chi connectivity index (χ4n) is 4.62. The maximum Gasteiger partial charge on any atom is 0.306 e. The molecular weight excluding hydrogens is 450 g/mol. The molecule has 0 radical (unpaired) electrons. The van der Waals surface area contributed by atoms with Crippen LogP contribution < -0.4 is 10.1 Å². The minimum Gasteiger partial charge on any atom is -0.484 e. The molecule has 1 N–H and O–H groups in total. The average Bonchev–Trinajstić information content (AvgIpc) is 2.86. The van der Waals surface area contributed by atoms with Crippen molar-refractivity contribution in [1.29, 1.82) is 0 Å². The summed E-state index contributed by atoms with van der Waals surface area (Å²) in [6.45, 7) is -0.00478. The lowest BCUT2D eigenvalue weighted by molar-refractivity contribution is -0.140. The van der Waals surface area contributed by atoms with Crippen LogP contribution in [0.25, 0.3) is 10.8 Å². The van der Waals surface area contributed by atoms with Crippen molar-refractivity contribution in [3.8, 4) is 5.75 Å². The van der Waals surface area contributed by atoms with Crippen molar-refractivity contribution in [3.05, 3.63) is 76.8 Å². The molecule has 6 heteroatoms. The predicted octanol–water partition coefficient (Wildman–Crippen LogP) is 6.02. The van der Waals surface area contributed by atoms with Crippen LogP contribution in [0.4, 0.5) is 0 Å². The van der Waals surface area contributed by atoms with E-state index in [4.69, 9.17) is 21.1 Å². The number of hydrogen-bond acceptors (Lipinski definition) is 4. The standard InChI is InChI=1S/C28H30ClNO4/c1-33-28(32)17-26(20-6-5-7-23(29)15-20)21-11-10-19-12-13-25(16-22(19)14-21)34-18-27(31)30-24-8-3-2-4-9-24/h5-7,10-16,24,26H,2-4,8-9,17-18H2,1H3,(H,30,31). The summed E-state index contributed by atoms with van der Waals surface area (Å²) in [6, 6.07) is 19.7. The number of fused-ring (bicyclic) bond motifs is 1. The van der Waals surface area contributed by atoms with Gasteiger partial charge in [0, 0.05) is 17.0 Å². The Morgan fingerprint density at radius 1 is 0.971 bits per heavy atom. The molecule has 0 spiro atoms. The van der Waals surface area contributed by atoms with Gasteiger partial charge in [-0.3, -0.25) is 9.59 Å². The van der Waals surface area contributed by atoms with Gasteiger partial charge in [-0.05, 0) is 59.0 Å². The molecule has 4 rings (SSSR count). The monoisotopic (exact) mass is 479 g/mol. The molecule has 0 saturated heterocycles. The van der Waals surface area contributed by atoms with Crippen LogP contribution in [0.15, 0.2) is 60.7 Å². The van der Waals surface area contributed by atoms with Crippen molar-refractivity contribution in [2.45, 2.75) is 50.5 Å². The molecule has 0 heterocycles. The first kappa shape index (κ1) is 24.1. The van der Waals surface area contributed by atoms with Crippen LogP contribution in [0.1, 0.15) is 55.6 Å².